The van der Waals surface area contributed by atoms with E-state index in [4.69, 9.17) is 9.84 Å². The summed E-state index contributed by atoms with van der Waals surface area (Å²) in [6, 6.07) is -0.279. The average molecular weight is 270 g/mol. The number of ether oxygens (including phenoxy) is 1. The van der Waals surface area contributed by atoms with Crippen LogP contribution in [0.3, 0.4) is 0 Å². The minimum atomic E-state index is -1.30. The molecule has 1 fully saturated rings. The Labute approximate surface area is 108 Å². The number of hydrogen-bond donors (Lipinski definition) is 4. The molecule has 0 saturated carbocycles. The largest absolute Gasteiger partial charge is 0.394 e. The molecule has 3 aliphatic rings. The summed E-state index contributed by atoms with van der Waals surface area (Å²) in [5.41, 5.74) is 2.71. The summed E-state index contributed by atoms with van der Waals surface area (Å²) in [7, 11) is 0. The fraction of sp³-hybridized carbons (Fsp3) is 0.700. The second-order valence-corrected chi connectivity index (χ2v) is 4.62. The van der Waals surface area contributed by atoms with Gasteiger partial charge in [0.05, 0.1) is 6.61 Å². The molecule has 0 aliphatic carbocycles. The fourth-order valence-corrected chi connectivity index (χ4v) is 2.46. The summed E-state index contributed by atoms with van der Waals surface area (Å²) in [6.45, 7) is -0.444. The first kappa shape index (κ1) is 12.5. The average Bonchev–Trinajstić information content (AvgIpc) is 2.97. The molecule has 0 spiro atoms. The van der Waals surface area contributed by atoms with Crippen LogP contribution in [0.15, 0.2) is 22.5 Å². The fourth-order valence-electron chi connectivity index (χ4n) is 2.46. The number of hydrogen-bond acceptors (Lipinski definition) is 8. The van der Waals surface area contributed by atoms with Gasteiger partial charge < -0.3 is 20.1 Å². The molecule has 0 aromatic heterocycles. The van der Waals surface area contributed by atoms with Crippen molar-refractivity contribution >= 4 is 5.91 Å². The number of carbonyl (C=O) groups excluding carboxylic acids is 1. The topological polar surface area (TPSA) is 127 Å². The Kier molecular flexibility index (Phi) is 2.97. The molecule has 0 unspecified atom stereocenters. The molecule has 6 atom stereocenters. The number of nitrogens with zero attached hydrogens (tertiary/aromatic N) is 3. The molecule has 4 N–H and O–H groups in total. The quantitative estimate of drug-likeness (QED) is 0.439. The number of aliphatic hydroxyl groups is 3. The predicted octanol–water partition coefficient (Wildman–Crippen LogP) is -2.51. The van der Waals surface area contributed by atoms with Crippen LogP contribution in [-0.2, 0) is 9.53 Å². The van der Waals surface area contributed by atoms with Crippen LogP contribution in [0, 0.1) is 0 Å². The second kappa shape index (κ2) is 4.53. The Morgan fingerprint density at radius 3 is 2.89 bits per heavy atom. The molecule has 0 aromatic carbocycles. The van der Waals surface area contributed by atoms with Crippen LogP contribution >= 0.6 is 0 Å². The van der Waals surface area contributed by atoms with Crippen molar-refractivity contribution in [3.05, 3.63) is 12.2 Å². The molecule has 3 aliphatic heterocycles. The van der Waals surface area contributed by atoms with Crippen molar-refractivity contribution in [2.45, 2.75) is 36.7 Å². The predicted molar refractivity (Wildman–Crippen MR) is 59.3 cm³/mol. The summed E-state index contributed by atoms with van der Waals surface area (Å²) < 4.78 is 5.34. The highest BCUT2D eigenvalue weighted by molar-refractivity contribution is 5.89. The van der Waals surface area contributed by atoms with Crippen LogP contribution in [0.1, 0.15) is 0 Å². The zero-order valence-corrected chi connectivity index (χ0v) is 9.83. The maximum Gasteiger partial charge on any atom is 0.250 e. The molecular weight excluding hydrogens is 256 g/mol. The monoisotopic (exact) mass is 270 g/mol. The van der Waals surface area contributed by atoms with E-state index >= 15 is 0 Å². The van der Waals surface area contributed by atoms with Crippen LogP contribution in [-0.4, -0.2) is 69.5 Å². The van der Waals surface area contributed by atoms with Crippen LogP contribution in [0.25, 0.3) is 0 Å². The van der Waals surface area contributed by atoms with E-state index in [9.17, 15) is 15.0 Å². The van der Waals surface area contributed by atoms with E-state index in [1.54, 1.807) is 6.08 Å². The Bertz CT molecular complexity index is 442. The van der Waals surface area contributed by atoms with Gasteiger partial charge >= 0.3 is 0 Å². The molecule has 1 saturated heterocycles. The van der Waals surface area contributed by atoms with E-state index in [1.165, 1.54) is 11.0 Å². The summed E-state index contributed by atoms with van der Waals surface area (Å²) >= 11 is 0. The number of carbonyl (C=O) groups is 1. The smallest absolute Gasteiger partial charge is 0.250 e. The molecule has 9 nitrogen and oxygen atoms in total. The molecule has 9 heteroatoms. The molecule has 1 amide bonds. The lowest BCUT2D eigenvalue weighted by molar-refractivity contribution is -0.155. The van der Waals surface area contributed by atoms with Gasteiger partial charge in [0.25, 0.3) is 0 Å². The SMILES string of the molecule is O=C1C=C[C@H]2NN=N[C@@H]2N1[C@H]1O[C@@H](CO)[C@@H](O)[C@H]1O. The number of nitrogens with one attached hydrogen (secondary N) is 1. The highest BCUT2D eigenvalue weighted by atomic mass is 16.6. The van der Waals surface area contributed by atoms with Crippen LogP contribution in [0.5, 0.6) is 0 Å². The van der Waals surface area contributed by atoms with Gasteiger partial charge in [-0.3, -0.25) is 15.1 Å². The Hall–Kier alpha value is -1.55. The Morgan fingerprint density at radius 2 is 2.21 bits per heavy atom. The molecule has 0 aromatic rings. The zero-order valence-electron chi connectivity index (χ0n) is 9.83. The lowest BCUT2D eigenvalue weighted by atomic mass is 10.1. The van der Waals surface area contributed by atoms with E-state index in [0.29, 0.717) is 0 Å². The van der Waals surface area contributed by atoms with Gasteiger partial charge in [0.2, 0.25) is 5.91 Å². The van der Waals surface area contributed by atoms with Gasteiger partial charge in [-0.25, -0.2) is 0 Å². The molecular formula is C10H14N4O5. The van der Waals surface area contributed by atoms with Crippen molar-refractivity contribution in [2.75, 3.05) is 6.61 Å². The molecule has 19 heavy (non-hydrogen) atoms. The van der Waals surface area contributed by atoms with Crippen molar-refractivity contribution < 1.29 is 24.9 Å². The van der Waals surface area contributed by atoms with E-state index in [0.717, 1.165) is 0 Å². The first-order valence-electron chi connectivity index (χ1n) is 5.92. The summed E-state index contributed by atoms with van der Waals surface area (Å²) in [4.78, 5) is 13.2. The first-order valence-corrected chi connectivity index (χ1v) is 5.92. The molecule has 104 valence electrons. The van der Waals surface area contributed by atoms with Crippen molar-refractivity contribution in [3.8, 4) is 0 Å². The van der Waals surface area contributed by atoms with E-state index < -0.39 is 43.2 Å². The maximum absolute atomic E-state index is 11.9. The highest BCUT2D eigenvalue weighted by Gasteiger charge is 2.50. The van der Waals surface area contributed by atoms with E-state index in [-0.39, 0.29) is 6.04 Å². The maximum atomic E-state index is 11.9. The third-order valence-corrected chi connectivity index (χ3v) is 3.48. The number of amides is 1. The van der Waals surface area contributed by atoms with Gasteiger partial charge in [0.15, 0.2) is 12.4 Å². The van der Waals surface area contributed by atoms with Gasteiger partial charge in [-0.05, 0) is 0 Å². The molecule has 0 bridgehead atoms. The third-order valence-electron chi connectivity index (χ3n) is 3.48. The van der Waals surface area contributed by atoms with Gasteiger partial charge in [0, 0.05) is 6.08 Å². The first-order chi connectivity index (χ1) is 9.13. The van der Waals surface area contributed by atoms with Gasteiger partial charge in [0.1, 0.15) is 24.4 Å². The van der Waals surface area contributed by atoms with Gasteiger partial charge in [-0.1, -0.05) is 11.3 Å². The minimum Gasteiger partial charge on any atom is -0.394 e. The number of rotatable bonds is 2. The van der Waals surface area contributed by atoms with E-state index in [2.05, 4.69) is 15.8 Å². The number of aliphatic hydroxyl groups excluding tert-OH is 3. The standard InChI is InChI=1S/C10H14N4O5/c15-3-5-7(17)8(18)10(19-5)14-6(16)2-1-4-9(14)12-13-11-4/h1-2,4-5,7-10,15,17-18H,3H2,(H,11,12)/t4-,5+,7-,8-,9-,10+/m1/s1. The summed E-state index contributed by atoms with van der Waals surface area (Å²) in [5.74, 6) is -0.390. The van der Waals surface area contributed by atoms with Crippen LogP contribution in [0.2, 0.25) is 0 Å². The van der Waals surface area contributed by atoms with Crippen molar-refractivity contribution in [1.29, 1.82) is 0 Å². The van der Waals surface area contributed by atoms with E-state index in [1.807, 2.05) is 0 Å². The van der Waals surface area contributed by atoms with Crippen molar-refractivity contribution in [2.24, 2.45) is 10.3 Å². The van der Waals surface area contributed by atoms with Gasteiger partial charge in [-0.2, -0.15) is 0 Å². The third kappa shape index (κ3) is 1.82. The highest BCUT2D eigenvalue weighted by Crippen LogP contribution is 2.30. The minimum absolute atomic E-state index is 0.279. The van der Waals surface area contributed by atoms with Crippen LogP contribution in [0.4, 0.5) is 0 Å². The number of fused-ring (bicyclic) bond motifs is 1. The van der Waals surface area contributed by atoms with Crippen LogP contribution < -0.4 is 5.43 Å². The second-order valence-electron chi connectivity index (χ2n) is 4.62. The van der Waals surface area contributed by atoms with Crippen molar-refractivity contribution in [1.82, 2.24) is 10.3 Å². The molecule has 3 rings (SSSR count). The van der Waals surface area contributed by atoms with Crippen molar-refractivity contribution in [3.63, 3.8) is 0 Å². The Morgan fingerprint density at radius 1 is 1.42 bits per heavy atom. The molecule has 0 radical (unpaired) electrons. The summed E-state index contributed by atoms with van der Waals surface area (Å²) in [5, 5.41) is 36.3. The normalized spacial score (nSPS) is 44.6. The summed E-state index contributed by atoms with van der Waals surface area (Å²) in [6.07, 6.45) is -2.20. The molecule has 3 heterocycles. The van der Waals surface area contributed by atoms with Gasteiger partial charge in [-0.15, -0.1) is 5.11 Å². The zero-order chi connectivity index (χ0) is 13.6. The lowest BCUT2D eigenvalue weighted by Crippen LogP contribution is -2.56. The lowest BCUT2D eigenvalue weighted by Gasteiger charge is -2.36. The Balaban J connectivity index is 1.87.